The van der Waals surface area contributed by atoms with Gasteiger partial charge in [0, 0.05) is 40.0 Å². The van der Waals surface area contributed by atoms with Gasteiger partial charge in [0.1, 0.15) is 11.3 Å². The highest BCUT2D eigenvalue weighted by Crippen LogP contribution is 2.36. The van der Waals surface area contributed by atoms with E-state index >= 15 is 0 Å². The molecule has 1 amide bonds. The van der Waals surface area contributed by atoms with E-state index in [1.54, 1.807) is 0 Å². The number of hydrogen-bond acceptors (Lipinski definition) is 3. The fourth-order valence-corrected chi connectivity index (χ4v) is 4.80. The minimum atomic E-state index is 0.154. The highest BCUT2D eigenvalue weighted by molar-refractivity contribution is 8.00. The summed E-state index contributed by atoms with van der Waals surface area (Å²) in [5.41, 5.74) is 3.38. The van der Waals surface area contributed by atoms with E-state index in [1.165, 1.54) is 34.3 Å². The maximum atomic E-state index is 12.1. The lowest BCUT2D eigenvalue weighted by Crippen LogP contribution is -2.25. The number of furan rings is 1. The SMILES string of the molecule is CC(C)(C)Sc1ccc2oc(Cc3ccccc3)c(CCNC(=O)CC3CC3)c2c1. The molecule has 2 aromatic carbocycles. The summed E-state index contributed by atoms with van der Waals surface area (Å²) >= 11 is 1.87. The van der Waals surface area contributed by atoms with Crippen molar-refractivity contribution < 1.29 is 9.21 Å². The summed E-state index contributed by atoms with van der Waals surface area (Å²) in [4.78, 5) is 13.4. The van der Waals surface area contributed by atoms with Crippen molar-refractivity contribution in [2.45, 2.75) is 62.5 Å². The Balaban J connectivity index is 1.58. The van der Waals surface area contributed by atoms with E-state index in [-0.39, 0.29) is 10.7 Å². The molecule has 0 spiro atoms. The first-order valence-corrected chi connectivity index (χ1v) is 11.7. The molecule has 0 atom stereocenters. The average molecular weight is 422 g/mol. The van der Waals surface area contributed by atoms with Gasteiger partial charge in [-0.1, -0.05) is 51.1 Å². The monoisotopic (exact) mass is 421 g/mol. The Morgan fingerprint density at radius 2 is 1.90 bits per heavy atom. The quantitative estimate of drug-likeness (QED) is 0.430. The predicted octanol–water partition coefficient (Wildman–Crippen LogP) is 6.37. The third kappa shape index (κ3) is 5.69. The van der Waals surface area contributed by atoms with Gasteiger partial charge in [-0.3, -0.25) is 4.79 Å². The van der Waals surface area contributed by atoms with Gasteiger partial charge in [0.25, 0.3) is 0 Å². The van der Waals surface area contributed by atoms with E-state index in [1.807, 2.05) is 17.8 Å². The Kier molecular flexibility index (Phi) is 6.24. The third-order valence-electron chi connectivity index (χ3n) is 5.35. The smallest absolute Gasteiger partial charge is 0.220 e. The van der Waals surface area contributed by atoms with Crippen LogP contribution in [0.3, 0.4) is 0 Å². The Morgan fingerprint density at radius 1 is 1.13 bits per heavy atom. The molecule has 1 N–H and O–H groups in total. The van der Waals surface area contributed by atoms with Crippen LogP contribution in [0.25, 0.3) is 11.0 Å². The van der Waals surface area contributed by atoms with Gasteiger partial charge >= 0.3 is 0 Å². The summed E-state index contributed by atoms with van der Waals surface area (Å²) in [5.74, 6) is 1.80. The second kappa shape index (κ2) is 8.89. The molecule has 1 heterocycles. The molecule has 158 valence electrons. The average Bonchev–Trinajstić information content (AvgIpc) is 3.43. The first kappa shape index (κ1) is 21.0. The van der Waals surface area contributed by atoms with E-state index in [2.05, 4.69) is 68.6 Å². The minimum absolute atomic E-state index is 0.154. The summed E-state index contributed by atoms with van der Waals surface area (Å²) in [6.45, 7) is 7.34. The molecule has 0 bridgehead atoms. The normalized spacial score (nSPS) is 14.2. The van der Waals surface area contributed by atoms with Crippen LogP contribution in [-0.4, -0.2) is 17.2 Å². The number of amides is 1. The number of thioether (sulfide) groups is 1. The summed E-state index contributed by atoms with van der Waals surface area (Å²) in [6, 6.07) is 16.9. The van der Waals surface area contributed by atoms with Crippen molar-refractivity contribution >= 4 is 28.6 Å². The van der Waals surface area contributed by atoms with Gasteiger partial charge in [0.05, 0.1) is 0 Å². The topological polar surface area (TPSA) is 42.2 Å². The zero-order chi connectivity index (χ0) is 21.1. The molecule has 1 aliphatic carbocycles. The van der Waals surface area contributed by atoms with Crippen molar-refractivity contribution in [3.05, 3.63) is 65.4 Å². The summed E-state index contributed by atoms with van der Waals surface area (Å²) < 4.78 is 6.45. The molecule has 4 heteroatoms. The molecule has 30 heavy (non-hydrogen) atoms. The van der Waals surface area contributed by atoms with Gasteiger partial charge in [-0.25, -0.2) is 0 Å². The second-order valence-electron chi connectivity index (χ2n) is 9.29. The van der Waals surface area contributed by atoms with Gasteiger partial charge < -0.3 is 9.73 Å². The minimum Gasteiger partial charge on any atom is -0.460 e. The Labute approximate surface area is 183 Å². The summed E-state index contributed by atoms with van der Waals surface area (Å²) in [7, 11) is 0. The predicted molar refractivity (Wildman–Crippen MR) is 125 cm³/mol. The summed E-state index contributed by atoms with van der Waals surface area (Å²) in [5, 5.41) is 4.29. The van der Waals surface area contributed by atoms with Crippen molar-refractivity contribution in [1.82, 2.24) is 5.32 Å². The number of fused-ring (bicyclic) bond motifs is 1. The Hall–Kier alpha value is -2.20. The molecule has 3 aromatic rings. The fraction of sp³-hybridized carbons (Fsp3) is 0.423. The lowest BCUT2D eigenvalue weighted by Gasteiger charge is -2.17. The van der Waals surface area contributed by atoms with Crippen LogP contribution in [0, 0.1) is 5.92 Å². The molecule has 0 unspecified atom stereocenters. The maximum absolute atomic E-state index is 12.1. The highest BCUT2D eigenvalue weighted by Gasteiger charge is 2.24. The second-order valence-corrected chi connectivity index (χ2v) is 11.2. The number of hydrogen-bond donors (Lipinski definition) is 1. The van der Waals surface area contributed by atoms with Gasteiger partial charge in [-0.2, -0.15) is 0 Å². The fourth-order valence-electron chi connectivity index (χ4n) is 3.78. The van der Waals surface area contributed by atoms with Gasteiger partial charge in [-0.05, 0) is 48.9 Å². The molecule has 1 aliphatic rings. The number of carbonyl (C=O) groups excluding carboxylic acids is 1. The molecule has 3 nitrogen and oxygen atoms in total. The van der Waals surface area contributed by atoms with Crippen molar-refractivity contribution in [3.8, 4) is 0 Å². The van der Waals surface area contributed by atoms with E-state index in [9.17, 15) is 4.79 Å². The Morgan fingerprint density at radius 3 is 2.60 bits per heavy atom. The lowest BCUT2D eigenvalue weighted by molar-refractivity contribution is -0.121. The van der Waals surface area contributed by atoms with Crippen LogP contribution in [0.5, 0.6) is 0 Å². The van der Waals surface area contributed by atoms with E-state index in [0.717, 1.165) is 24.2 Å². The first-order valence-electron chi connectivity index (χ1n) is 10.9. The van der Waals surface area contributed by atoms with Crippen molar-refractivity contribution in [1.29, 1.82) is 0 Å². The zero-order valence-corrected chi connectivity index (χ0v) is 19.0. The molecule has 4 rings (SSSR count). The summed E-state index contributed by atoms with van der Waals surface area (Å²) in [6.07, 6.45) is 4.64. The van der Waals surface area contributed by atoms with Gasteiger partial charge in [-0.15, -0.1) is 11.8 Å². The lowest BCUT2D eigenvalue weighted by atomic mass is 10.0. The molecular weight excluding hydrogens is 390 g/mol. The van der Waals surface area contributed by atoms with Crippen LogP contribution >= 0.6 is 11.8 Å². The molecular formula is C26H31NO2S. The highest BCUT2D eigenvalue weighted by atomic mass is 32.2. The molecule has 1 fully saturated rings. The van der Waals surface area contributed by atoms with Crippen molar-refractivity contribution in [2.75, 3.05) is 6.54 Å². The number of nitrogens with one attached hydrogen (secondary N) is 1. The first-order chi connectivity index (χ1) is 14.4. The standard InChI is InChI=1S/C26H31NO2S/c1-26(2,3)30-20-11-12-23-22(17-20)21(13-14-27-25(28)16-19-9-10-19)24(29-23)15-18-7-5-4-6-8-18/h4-8,11-12,17,19H,9-10,13-16H2,1-3H3,(H,27,28). The van der Waals surface area contributed by atoms with Gasteiger partial charge in [0.2, 0.25) is 5.91 Å². The third-order valence-corrected chi connectivity index (χ3v) is 6.45. The van der Waals surface area contributed by atoms with Gasteiger partial charge in [0.15, 0.2) is 0 Å². The van der Waals surface area contributed by atoms with Crippen molar-refractivity contribution in [3.63, 3.8) is 0 Å². The van der Waals surface area contributed by atoms with Crippen LogP contribution in [0.2, 0.25) is 0 Å². The van der Waals surface area contributed by atoms with E-state index in [0.29, 0.717) is 18.9 Å². The zero-order valence-electron chi connectivity index (χ0n) is 18.2. The van der Waals surface area contributed by atoms with Crippen LogP contribution < -0.4 is 5.32 Å². The molecule has 0 aliphatic heterocycles. The molecule has 0 saturated heterocycles. The number of rotatable bonds is 8. The largest absolute Gasteiger partial charge is 0.460 e. The maximum Gasteiger partial charge on any atom is 0.220 e. The molecule has 0 radical (unpaired) electrons. The van der Waals surface area contributed by atoms with E-state index in [4.69, 9.17) is 4.42 Å². The number of carbonyl (C=O) groups is 1. The molecule has 1 aromatic heterocycles. The van der Waals surface area contributed by atoms with E-state index < -0.39 is 0 Å². The Bertz CT molecular complexity index is 1010. The van der Waals surface area contributed by atoms with Crippen LogP contribution in [0.15, 0.2) is 57.8 Å². The van der Waals surface area contributed by atoms with Crippen LogP contribution in [-0.2, 0) is 17.6 Å². The van der Waals surface area contributed by atoms with Crippen LogP contribution in [0.1, 0.15) is 56.9 Å². The number of benzene rings is 2. The van der Waals surface area contributed by atoms with Crippen molar-refractivity contribution in [2.24, 2.45) is 5.92 Å². The molecule has 1 saturated carbocycles. The van der Waals surface area contributed by atoms with Crippen LogP contribution in [0.4, 0.5) is 0 Å².